The highest BCUT2D eigenvalue weighted by molar-refractivity contribution is 6.06. The van der Waals surface area contributed by atoms with Gasteiger partial charge in [-0.15, -0.1) is 0 Å². The van der Waals surface area contributed by atoms with Crippen LogP contribution in [0.2, 0.25) is 0 Å². The van der Waals surface area contributed by atoms with Crippen molar-refractivity contribution >= 4 is 23.5 Å². The molecule has 1 aromatic carbocycles. The summed E-state index contributed by atoms with van der Waals surface area (Å²) in [6.45, 7) is 5.74. The molecule has 1 saturated heterocycles. The van der Waals surface area contributed by atoms with Crippen LogP contribution in [0.4, 0.5) is 10.5 Å². The number of methoxy groups -OCH3 is 1. The number of carbonyl (C=O) groups is 3. The first-order chi connectivity index (χ1) is 14.9. The number of rotatable bonds is 8. The number of ketones is 1. The predicted molar refractivity (Wildman–Crippen MR) is 112 cm³/mol. The topological polar surface area (TPSA) is 106 Å². The van der Waals surface area contributed by atoms with Gasteiger partial charge < -0.3 is 29.0 Å². The molecule has 1 fully saturated rings. The van der Waals surface area contributed by atoms with Crippen LogP contribution in [-0.4, -0.2) is 66.9 Å². The zero-order valence-corrected chi connectivity index (χ0v) is 17.8. The molecule has 1 N–H and O–H groups in total. The summed E-state index contributed by atoms with van der Waals surface area (Å²) in [7, 11) is 1.45. The molecule has 2 heterocycles. The Balaban J connectivity index is 2.02. The van der Waals surface area contributed by atoms with Crippen molar-refractivity contribution in [3.8, 4) is 11.5 Å². The van der Waals surface area contributed by atoms with E-state index < -0.39 is 18.4 Å². The van der Waals surface area contributed by atoms with Gasteiger partial charge in [0.25, 0.3) is 5.91 Å². The lowest BCUT2D eigenvalue weighted by molar-refractivity contribution is -0.117. The molecule has 0 unspecified atom stereocenters. The summed E-state index contributed by atoms with van der Waals surface area (Å²) in [5.41, 5.74) is 0.398. The summed E-state index contributed by atoms with van der Waals surface area (Å²) in [4.78, 5) is 39.9. The molecule has 2 aliphatic heterocycles. The highest BCUT2D eigenvalue weighted by atomic mass is 16.6. The zero-order valence-electron chi connectivity index (χ0n) is 17.8. The van der Waals surface area contributed by atoms with Crippen LogP contribution < -0.4 is 14.4 Å². The predicted octanol–water partition coefficient (Wildman–Crippen LogP) is 2.51. The normalized spacial score (nSPS) is 19.9. The third kappa shape index (κ3) is 4.66. The number of anilines is 1. The van der Waals surface area contributed by atoms with E-state index in [4.69, 9.17) is 14.2 Å². The minimum Gasteiger partial charge on any atom is -0.493 e. The number of amides is 2. The number of hydrogen-bond acceptors (Lipinski definition) is 7. The largest absolute Gasteiger partial charge is 0.493 e. The fraction of sp³-hybridized carbons (Fsp3) is 0.500. The third-order valence-electron chi connectivity index (χ3n) is 5.39. The monoisotopic (exact) mass is 432 g/mol. The van der Waals surface area contributed by atoms with Crippen molar-refractivity contribution in [2.75, 3.05) is 31.8 Å². The number of benzene rings is 1. The van der Waals surface area contributed by atoms with Crippen molar-refractivity contribution in [3.05, 3.63) is 30.4 Å². The molecule has 2 aliphatic rings. The second-order valence-electron chi connectivity index (χ2n) is 7.53. The first kappa shape index (κ1) is 22.6. The molecule has 0 bridgehead atoms. The number of ether oxygens (including phenoxy) is 3. The molecule has 0 saturated carbocycles. The van der Waals surface area contributed by atoms with Crippen molar-refractivity contribution in [3.63, 3.8) is 0 Å². The van der Waals surface area contributed by atoms with E-state index in [2.05, 4.69) is 6.58 Å². The molecule has 3 rings (SSSR count). The van der Waals surface area contributed by atoms with Crippen LogP contribution in [0.5, 0.6) is 11.5 Å². The summed E-state index contributed by atoms with van der Waals surface area (Å²) >= 11 is 0. The Hall–Kier alpha value is -3.07. The van der Waals surface area contributed by atoms with E-state index in [1.54, 1.807) is 4.90 Å². The molecular formula is C22H28N2O7. The molecule has 0 spiro atoms. The van der Waals surface area contributed by atoms with Crippen molar-refractivity contribution in [2.45, 2.75) is 44.9 Å². The van der Waals surface area contributed by atoms with Crippen LogP contribution >= 0.6 is 0 Å². The standard InChI is InChI=1S/C22H28N2O7/c1-4-10-31-22(28)24-17-13-19(30-11-6-7-14(2)25)18(29-3)12-15(17)20(26)23-9-5-8-16(23)21(24)27/h4,12-13,16,21,27H,1,5-11H2,2-3H3/t16-,21-/m0/s1. The maximum Gasteiger partial charge on any atom is 0.416 e. The van der Waals surface area contributed by atoms with Gasteiger partial charge in [-0.2, -0.15) is 0 Å². The molecule has 2 atom stereocenters. The maximum atomic E-state index is 13.2. The lowest BCUT2D eigenvalue weighted by Gasteiger charge is -2.31. The first-order valence-electron chi connectivity index (χ1n) is 10.3. The fourth-order valence-electron chi connectivity index (χ4n) is 3.93. The zero-order chi connectivity index (χ0) is 22.5. The lowest BCUT2D eigenvalue weighted by Crippen LogP contribution is -2.50. The number of aliphatic hydroxyl groups excluding tert-OH is 1. The number of hydrogen-bond donors (Lipinski definition) is 1. The Kier molecular flexibility index (Phi) is 7.17. The quantitative estimate of drug-likeness (QED) is 0.497. The van der Waals surface area contributed by atoms with Crippen LogP contribution in [0, 0.1) is 0 Å². The average Bonchev–Trinajstić information content (AvgIpc) is 3.22. The number of fused-ring (bicyclic) bond motifs is 2. The number of carbonyl (C=O) groups excluding carboxylic acids is 3. The van der Waals surface area contributed by atoms with Crippen molar-refractivity contribution in [1.82, 2.24) is 4.90 Å². The molecular weight excluding hydrogens is 404 g/mol. The Morgan fingerprint density at radius 1 is 1.32 bits per heavy atom. The van der Waals surface area contributed by atoms with E-state index in [-0.39, 0.29) is 36.2 Å². The average molecular weight is 432 g/mol. The third-order valence-corrected chi connectivity index (χ3v) is 5.39. The summed E-state index contributed by atoms with van der Waals surface area (Å²) in [5, 5.41) is 11.0. The molecule has 2 amide bonds. The van der Waals surface area contributed by atoms with Crippen LogP contribution in [-0.2, 0) is 9.53 Å². The van der Waals surface area contributed by atoms with E-state index in [0.29, 0.717) is 37.3 Å². The van der Waals surface area contributed by atoms with Gasteiger partial charge in [0, 0.05) is 19.0 Å². The second-order valence-corrected chi connectivity index (χ2v) is 7.53. The summed E-state index contributed by atoms with van der Waals surface area (Å²) in [6.07, 6.45) is 1.55. The highest BCUT2D eigenvalue weighted by Crippen LogP contribution is 2.41. The van der Waals surface area contributed by atoms with Gasteiger partial charge in [0.15, 0.2) is 17.7 Å². The molecule has 168 valence electrons. The molecule has 0 radical (unpaired) electrons. The van der Waals surface area contributed by atoms with Gasteiger partial charge in [-0.1, -0.05) is 12.7 Å². The Morgan fingerprint density at radius 2 is 2.10 bits per heavy atom. The highest BCUT2D eigenvalue weighted by Gasteiger charge is 2.45. The SMILES string of the molecule is C=CCOC(=O)N1c2cc(OCCCC(C)=O)c(OC)cc2C(=O)N2CCC[C@H]2[C@@H]1O. The smallest absolute Gasteiger partial charge is 0.416 e. The first-order valence-corrected chi connectivity index (χ1v) is 10.3. The fourth-order valence-corrected chi connectivity index (χ4v) is 3.93. The second kappa shape index (κ2) is 9.82. The Labute approximate surface area is 181 Å². The van der Waals surface area contributed by atoms with Crippen LogP contribution in [0.25, 0.3) is 0 Å². The van der Waals surface area contributed by atoms with Crippen LogP contribution in [0.3, 0.4) is 0 Å². The van der Waals surface area contributed by atoms with E-state index in [1.807, 2.05) is 0 Å². The van der Waals surface area contributed by atoms with Crippen molar-refractivity contribution < 1.29 is 33.7 Å². The molecule has 31 heavy (non-hydrogen) atoms. The summed E-state index contributed by atoms with van der Waals surface area (Å²) < 4.78 is 16.4. The Morgan fingerprint density at radius 3 is 2.77 bits per heavy atom. The van der Waals surface area contributed by atoms with Gasteiger partial charge in [-0.05, 0) is 32.3 Å². The van der Waals surface area contributed by atoms with Crippen LogP contribution in [0.1, 0.15) is 43.0 Å². The molecule has 0 aliphatic carbocycles. The molecule has 0 aromatic heterocycles. The van der Waals surface area contributed by atoms with Crippen molar-refractivity contribution in [1.29, 1.82) is 0 Å². The molecule has 1 aromatic rings. The molecule has 9 nitrogen and oxygen atoms in total. The summed E-state index contributed by atoms with van der Waals surface area (Å²) in [5.74, 6) is 0.384. The molecule has 9 heteroatoms. The minimum atomic E-state index is -1.27. The maximum absolute atomic E-state index is 13.2. The van der Waals surface area contributed by atoms with E-state index in [1.165, 1.54) is 32.2 Å². The van der Waals surface area contributed by atoms with Gasteiger partial charge in [0.05, 0.1) is 31.0 Å². The van der Waals surface area contributed by atoms with Gasteiger partial charge in [0.2, 0.25) is 0 Å². The van der Waals surface area contributed by atoms with Crippen LogP contribution in [0.15, 0.2) is 24.8 Å². The van der Waals surface area contributed by atoms with Gasteiger partial charge in [0.1, 0.15) is 12.4 Å². The van der Waals surface area contributed by atoms with E-state index in [0.717, 1.165) is 11.3 Å². The van der Waals surface area contributed by atoms with Gasteiger partial charge in [-0.3, -0.25) is 4.79 Å². The number of nitrogens with zero attached hydrogens (tertiary/aromatic N) is 2. The Bertz CT molecular complexity index is 870. The lowest BCUT2D eigenvalue weighted by atomic mass is 10.1. The minimum absolute atomic E-state index is 0.0374. The van der Waals surface area contributed by atoms with Crippen molar-refractivity contribution in [2.24, 2.45) is 0 Å². The number of Topliss-reactive ketones (excluding diaryl/α,β-unsaturated/α-hetero) is 1. The number of aliphatic hydroxyl groups is 1. The van der Waals surface area contributed by atoms with E-state index >= 15 is 0 Å². The van der Waals surface area contributed by atoms with Gasteiger partial charge in [-0.25, -0.2) is 9.69 Å². The summed E-state index contributed by atoms with van der Waals surface area (Å²) in [6, 6.07) is 2.47. The van der Waals surface area contributed by atoms with E-state index in [9.17, 15) is 19.5 Å². The van der Waals surface area contributed by atoms with Gasteiger partial charge >= 0.3 is 6.09 Å².